The SMILES string of the molecule is O=C(C=Cc1ccc(Br)s1)Nc1cccc(CN2C(=O)CNC2=O)c1. The number of amides is 4. The molecule has 0 aliphatic carbocycles. The normalized spacial score (nSPS) is 14.2. The second-order valence-corrected chi connectivity index (χ2v) is 7.80. The van der Waals surface area contributed by atoms with Crippen molar-refractivity contribution in [2.24, 2.45) is 0 Å². The Labute approximate surface area is 156 Å². The van der Waals surface area contributed by atoms with E-state index in [0.29, 0.717) is 5.69 Å². The Morgan fingerprint density at radius 1 is 1.32 bits per heavy atom. The first-order valence-electron chi connectivity index (χ1n) is 7.43. The van der Waals surface area contributed by atoms with Crippen LogP contribution in [-0.2, 0) is 16.1 Å². The third-order valence-corrected chi connectivity index (χ3v) is 5.05. The van der Waals surface area contributed by atoms with Crippen LogP contribution < -0.4 is 10.6 Å². The summed E-state index contributed by atoms with van der Waals surface area (Å²) >= 11 is 4.90. The molecule has 0 bridgehead atoms. The summed E-state index contributed by atoms with van der Waals surface area (Å²) in [5.74, 6) is -0.513. The zero-order valence-electron chi connectivity index (χ0n) is 13.0. The molecule has 1 fully saturated rings. The van der Waals surface area contributed by atoms with Crippen LogP contribution >= 0.6 is 27.3 Å². The van der Waals surface area contributed by atoms with Crippen molar-refractivity contribution in [3.63, 3.8) is 0 Å². The van der Waals surface area contributed by atoms with E-state index in [4.69, 9.17) is 0 Å². The van der Waals surface area contributed by atoms with Gasteiger partial charge in [0.1, 0.15) is 0 Å². The van der Waals surface area contributed by atoms with E-state index in [1.54, 1.807) is 30.3 Å². The molecule has 2 heterocycles. The summed E-state index contributed by atoms with van der Waals surface area (Å²) < 4.78 is 1.00. The number of benzene rings is 1. The highest BCUT2D eigenvalue weighted by Crippen LogP contribution is 2.23. The van der Waals surface area contributed by atoms with Crippen molar-refractivity contribution in [2.45, 2.75) is 6.54 Å². The van der Waals surface area contributed by atoms with Gasteiger partial charge in [-0.05, 0) is 51.8 Å². The Kier molecular flexibility index (Phi) is 5.30. The average molecular weight is 420 g/mol. The Hall–Kier alpha value is -2.45. The summed E-state index contributed by atoms with van der Waals surface area (Å²) in [6.45, 7) is 0.201. The van der Waals surface area contributed by atoms with Gasteiger partial charge in [-0.25, -0.2) is 4.79 Å². The van der Waals surface area contributed by atoms with Gasteiger partial charge in [0, 0.05) is 16.6 Å². The lowest BCUT2D eigenvalue weighted by molar-refractivity contribution is -0.125. The molecule has 1 aliphatic rings. The van der Waals surface area contributed by atoms with Crippen molar-refractivity contribution in [1.82, 2.24) is 10.2 Å². The van der Waals surface area contributed by atoms with E-state index in [0.717, 1.165) is 19.1 Å². The minimum absolute atomic E-state index is 0.0267. The summed E-state index contributed by atoms with van der Waals surface area (Å²) in [5.41, 5.74) is 1.36. The van der Waals surface area contributed by atoms with Crippen LogP contribution in [0.1, 0.15) is 10.4 Å². The van der Waals surface area contributed by atoms with Crippen molar-refractivity contribution >= 4 is 56.9 Å². The number of hydrogen-bond donors (Lipinski definition) is 2. The molecular weight excluding hydrogens is 406 g/mol. The van der Waals surface area contributed by atoms with Gasteiger partial charge in [-0.2, -0.15) is 0 Å². The van der Waals surface area contributed by atoms with E-state index in [1.807, 2.05) is 12.1 Å². The number of carbonyl (C=O) groups excluding carboxylic acids is 3. The van der Waals surface area contributed by atoms with E-state index >= 15 is 0 Å². The Morgan fingerprint density at radius 2 is 2.16 bits per heavy atom. The molecule has 2 aromatic rings. The molecule has 1 aliphatic heterocycles. The lowest BCUT2D eigenvalue weighted by Gasteiger charge is -2.13. The van der Waals surface area contributed by atoms with Crippen LogP contribution in [0.5, 0.6) is 0 Å². The van der Waals surface area contributed by atoms with E-state index in [2.05, 4.69) is 26.6 Å². The van der Waals surface area contributed by atoms with Gasteiger partial charge in [-0.3, -0.25) is 14.5 Å². The van der Waals surface area contributed by atoms with Gasteiger partial charge in [0.05, 0.1) is 16.9 Å². The van der Waals surface area contributed by atoms with Gasteiger partial charge in [-0.15, -0.1) is 11.3 Å². The van der Waals surface area contributed by atoms with E-state index < -0.39 is 6.03 Å². The first-order chi connectivity index (χ1) is 12.0. The van der Waals surface area contributed by atoms with Crippen LogP contribution in [-0.4, -0.2) is 29.3 Å². The fourth-order valence-corrected chi connectivity index (χ4v) is 3.63. The largest absolute Gasteiger partial charge is 0.329 e. The highest BCUT2D eigenvalue weighted by Gasteiger charge is 2.28. The number of carbonyl (C=O) groups is 3. The number of thiophene rings is 1. The van der Waals surface area contributed by atoms with Crippen molar-refractivity contribution in [3.8, 4) is 0 Å². The molecule has 1 aromatic heterocycles. The lowest BCUT2D eigenvalue weighted by Crippen LogP contribution is -2.30. The number of urea groups is 1. The highest BCUT2D eigenvalue weighted by atomic mass is 79.9. The van der Waals surface area contributed by atoms with Gasteiger partial charge in [0.25, 0.3) is 0 Å². The number of anilines is 1. The minimum Gasteiger partial charge on any atom is -0.329 e. The summed E-state index contributed by atoms with van der Waals surface area (Å²) in [6, 6.07) is 10.5. The van der Waals surface area contributed by atoms with Gasteiger partial charge in [0.15, 0.2) is 0 Å². The summed E-state index contributed by atoms with van der Waals surface area (Å²) in [5, 5.41) is 5.25. The monoisotopic (exact) mass is 419 g/mol. The molecule has 1 aromatic carbocycles. The molecule has 2 N–H and O–H groups in total. The first-order valence-corrected chi connectivity index (χ1v) is 9.04. The van der Waals surface area contributed by atoms with E-state index in [-0.39, 0.29) is 24.9 Å². The van der Waals surface area contributed by atoms with Crippen molar-refractivity contribution in [2.75, 3.05) is 11.9 Å². The number of nitrogens with one attached hydrogen (secondary N) is 2. The molecule has 1 saturated heterocycles. The molecule has 25 heavy (non-hydrogen) atoms. The second-order valence-electron chi connectivity index (χ2n) is 5.30. The Bertz CT molecular complexity index is 846. The number of halogens is 1. The molecule has 0 spiro atoms. The Morgan fingerprint density at radius 3 is 2.84 bits per heavy atom. The van der Waals surface area contributed by atoms with Crippen LogP contribution in [0.3, 0.4) is 0 Å². The predicted octanol–water partition coefficient (Wildman–Crippen LogP) is 3.21. The maximum atomic E-state index is 12.0. The molecule has 0 unspecified atom stereocenters. The predicted molar refractivity (Wildman–Crippen MR) is 100 cm³/mol. The van der Waals surface area contributed by atoms with Gasteiger partial charge < -0.3 is 10.6 Å². The zero-order valence-corrected chi connectivity index (χ0v) is 15.4. The lowest BCUT2D eigenvalue weighted by atomic mass is 10.2. The Balaban J connectivity index is 1.63. The molecule has 128 valence electrons. The molecular formula is C17H14BrN3O3S. The van der Waals surface area contributed by atoms with Crippen LogP contribution in [0.4, 0.5) is 10.5 Å². The van der Waals surface area contributed by atoms with Crippen molar-refractivity contribution in [3.05, 3.63) is 56.7 Å². The molecule has 8 heteroatoms. The molecule has 0 radical (unpaired) electrons. The molecule has 3 rings (SSSR count). The third-order valence-electron chi connectivity index (χ3n) is 3.47. The van der Waals surface area contributed by atoms with Crippen molar-refractivity contribution < 1.29 is 14.4 Å². The smallest absolute Gasteiger partial charge is 0.324 e. The highest BCUT2D eigenvalue weighted by molar-refractivity contribution is 9.11. The molecule has 6 nitrogen and oxygen atoms in total. The first kappa shape index (κ1) is 17.4. The minimum atomic E-state index is -0.399. The molecule has 0 saturated carbocycles. The third kappa shape index (κ3) is 4.55. The number of rotatable bonds is 5. The standard InChI is InChI=1S/C17H14BrN3O3S/c18-14-6-4-13(25-14)5-7-15(22)20-12-3-1-2-11(8-12)10-21-16(23)9-19-17(21)24/h1-8H,9-10H2,(H,19,24)(H,20,22). The maximum absolute atomic E-state index is 12.0. The van der Waals surface area contributed by atoms with Crippen LogP contribution in [0.15, 0.2) is 46.3 Å². The van der Waals surface area contributed by atoms with Gasteiger partial charge >= 0.3 is 6.03 Å². The molecule has 4 amide bonds. The average Bonchev–Trinajstić information content (AvgIpc) is 3.13. The van der Waals surface area contributed by atoms with Gasteiger partial charge in [0.2, 0.25) is 11.8 Å². The summed E-state index contributed by atoms with van der Waals surface area (Å²) in [6.07, 6.45) is 3.20. The topological polar surface area (TPSA) is 78.5 Å². The number of imide groups is 1. The summed E-state index contributed by atoms with van der Waals surface area (Å²) in [7, 11) is 0. The van der Waals surface area contributed by atoms with Crippen molar-refractivity contribution in [1.29, 1.82) is 0 Å². The summed E-state index contributed by atoms with van der Waals surface area (Å²) in [4.78, 5) is 37.4. The quantitative estimate of drug-likeness (QED) is 0.576. The fourth-order valence-electron chi connectivity index (χ4n) is 2.30. The number of hydrogen-bond acceptors (Lipinski definition) is 4. The maximum Gasteiger partial charge on any atom is 0.324 e. The molecule has 0 atom stereocenters. The van der Waals surface area contributed by atoms with E-state index in [1.165, 1.54) is 17.4 Å². The second kappa shape index (κ2) is 7.62. The zero-order chi connectivity index (χ0) is 17.8. The van der Waals surface area contributed by atoms with E-state index in [9.17, 15) is 14.4 Å². The fraction of sp³-hybridized carbons (Fsp3) is 0.118. The van der Waals surface area contributed by atoms with Gasteiger partial charge in [-0.1, -0.05) is 12.1 Å². The van der Waals surface area contributed by atoms with Crippen LogP contribution in [0.2, 0.25) is 0 Å². The number of nitrogens with zero attached hydrogens (tertiary/aromatic N) is 1. The van der Waals surface area contributed by atoms with Crippen LogP contribution in [0, 0.1) is 0 Å². The van der Waals surface area contributed by atoms with Crippen LogP contribution in [0.25, 0.3) is 6.08 Å².